The van der Waals surface area contributed by atoms with Gasteiger partial charge in [0.05, 0.1) is 0 Å². The van der Waals surface area contributed by atoms with E-state index in [0.29, 0.717) is 11.8 Å². The Balaban J connectivity index is 2.50. The number of halogens is 1. The molecule has 0 aliphatic rings. The van der Waals surface area contributed by atoms with E-state index in [4.69, 9.17) is 11.6 Å². The number of rotatable bonds is 7. The number of aromatic amines is 1. The van der Waals surface area contributed by atoms with Crippen molar-refractivity contribution in [2.45, 2.75) is 44.8 Å². The Morgan fingerprint density at radius 3 is 2.71 bits per heavy atom. The minimum absolute atomic E-state index is 0.128. The van der Waals surface area contributed by atoms with Crippen LogP contribution in [0.2, 0.25) is 0 Å². The van der Waals surface area contributed by atoms with E-state index in [-0.39, 0.29) is 11.7 Å². The lowest BCUT2D eigenvalue weighted by atomic mass is 10.1. The number of thioether (sulfide) groups is 1. The third-order valence-corrected chi connectivity index (χ3v) is 3.84. The molecule has 6 heteroatoms. The summed E-state index contributed by atoms with van der Waals surface area (Å²) in [6, 6.07) is 0.143. The normalized spacial score (nSPS) is 13.2. The maximum atomic E-state index is 11.5. The van der Waals surface area contributed by atoms with Crippen molar-refractivity contribution >= 4 is 23.4 Å². The Labute approximate surface area is 111 Å². The van der Waals surface area contributed by atoms with Gasteiger partial charge in [-0.2, -0.15) is 0 Å². The maximum Gasteiger partial charge on any atom is 0.344 e. The summed E-state index contributed by atoms with van der Waals surface area (Å²) in [6.07, 6.45) is 2.14. The monoisotopic (exact) mass is 277 g/mol. The summed E-state index contributed by atoms with van der Waals surface area (Å²) in [7, 11) is 0. The van der Waals surface area contributed by atoms with Crippen LogP contribution in [0.4, 0.5) is 0 Å². The van der Waals surface area contributed by atoms with E-state index in [9.17, 15) is 4.79 Å². The minimum Gasteiger partial charge on any atom is -0.268 e. The van der Waals surface area contributed by atoms with Gasteiger partial charge in [0.2, 0.25) is 0 Å². The second-order valence-corrected chi connectivity index (χ2v) is 5.94. The van der Waals surface area contributed by atoms with Gasteiger partial charge in [-0.1, -0.05) is 18.7 Å². The van der Waals surface area contributed by atoms with E-state index in [1.807, 2.05) is 13.8 Å². The average Bonchev–Trinajstić information content (AvgIpc) is 2.60. The summed E-state index contributed by atoms with van der Waals surface area (Å²) in [5.41, 5.74) is -0.128. The highest BCUT2D eigenvalue weighted by atomic mass is 35.5. The van der Waals surface area contributed by atoms with Crippen LogP contribution in [0.5, 0.6) is 0 Å². The molecule has 1 N–H and O–H groups in total. The third kappa shape index (κ3) is 4.39. The molecule has 1 atom stereocenters. The zero-order valence-corrected chi connectivity index (χ0v) is 12.1. The smallest absolute Gasteiger partial charge is 0.268 e. The fourth-order valence-electron chi connectivity index (χ4n) is 1.53. The van der Waals surface area contributed by atoms with Gasteiger partial charge in [0.15, 0.2) is 5.16 Å². The summed E-state index contributed by atoms with van der Waals surface area (Å²) >= 11 is 7.32. The van der Waals surface area contributed by atoms with Crippen LogP contribution in [0.1, 0.15) is 39.7 Å². The van der Waals surface area contributed by atoms with E-state index < -0.39 is 0 Å². The molecule has 1 rings (SSSR count). The Hall–Kier alpha value is -0.420. The summed E-state index contributed by atoms with van der Waals surface area (Å²) in [6.45, 7) is 6.16. The lowest BCUT2D eigenvalue weighted by Crippen LogP contribution is -2.19. The Bertz CT molecular complexity index is 388. The SMILES string of the molecule is CC(CCCl)CCSc1n[nH]c(=O)n1C(C)C. The molecule has 1 aromatic heterocycles. The number of nitrogens with zero attached hydrogens (tertiary/aromatic N) is 2. The highest BCUT2D eigenvalue weighted by molar-refractivity contribution is 7.99. The predicted octanol–water partition coefficient (Wildman–Crippen LogP) is 2.90. The molecule has 98 valence electrons. The molecule has 0 radical (unpaired) electrons. The zero-order valence-electron chi connectivity index (χ0n) is 10.6. The minimum atomic E-state index is -0.128. The average molecular weight is 278 g/mol. The molecule has 0 aliphatic carbocycles. The summed E-state index contributed by atoms with van der Waals surface area (Å²) < 4.78 is 1.69. The van der Waals surface area contributed by atoms with Crippen LogP contribution in [0.3, 0.4) is 0 Å². The lowest BCUT2D eigenvalue weighted by molar-refractivity contribution is 0.530. The van der Waals surface area contributed by atoms with Crippen LogP contribution < -0.4 is 5.69 Å². The van der Waals surface area contributed by atoms with Crippen molar-refractivity contribution in [3.63, 3.8) is 0 Å². The van der Waals surface area contributed by atoms with Crippen molar-refractivity contribution in [3.8, 4) is 0 Å². The first-order valence-electron chi connectivity index (χ1n) is 5.92. The standard InChI is InChI=1S/C11H20ClN3OS/c1-8(2)15-10(16)13-14-11(15)17-7-5-9(3)4-6-12/h8-9H,4-7H2,1-3H3,(H,13,16). The quantitative estimate of drug-likeness (QED) is 0.616. The largest absolute Gasteiger partial charge is 0.344 e. The van der Waals surface area contributed by atoms with Crippen molar-refractivity contribution in [1.29, 1.82) is 0 Å². The number of alkyl halides is 1. The van der Waals surface area contributed by atoms with Gasteiger partial charge in [-0.25, -0.2) is 9.89 Å². The number of nitrogens with one attached hydrogen (secondary N) is 1. The molecular formula is C11H20ClN3OS. The number of H-pyrrole nitrogens is 1. The van der Waals surface area contributed by atoms with E-state index in [0.717, 1.165) is 23.8 Å². The molecule has 0 fully saturated rings. The molecule has 1 unspecified atom stereocenters. The zero-order chi connectivity index (χ0) is 12.8. The lowest BCUT2D eigenvalue weighted by Gasteiger charge is -2.10. The van der Waals surface area contributed by atoms with Gasteiger partial charge in [0.25, 0.3) is 0 Å². The molecule has 0 aromatic carbocycles. The number of hydrogen-bond acceptors (Lipinski definition) is 3. The van der Waals surface area contributed by atoms with Crippen molar-refractivity contribution in [3.05, 3.63) is 10.5 Å². The van der Waals surface area contributed by atoms with Gasteiger partial charge in [0, 0.05) is 17.7 Å². The van der Waals surface area contributed by atoms with Crippen LogP contribution in [0.25, 0.3) is 0 Å². The fourth-order valence-corrected chi connectivity index (χ4v) is 3.15. The molecule has 0 saturated heterocycles. The Morgan fingerprint density at radius 2 is 2.12 bits per heavy atom. The van der Waals surface area contributed by atoms with Crippen LogP contribution >= 0.6 is 23.4 Å². The van der Waals surface area contributed by atoms with Gasteiger partial charge in [0.1, 0.15) is 0 Å². The van der Waals surface area contributed by atoms with Crippen molar-refractivity contribution in [2.24, 2.45) is 5.92 Å². The molecule has 0 aliphatic heterocycles. The second kappa shape index (κ2) is 7.11. The summed E-state index contributed by atoms with van der Waals surface area (Å²) in [5, 5.41) is 7.32. The highest BCUT2D eigenvalue weighted by Gasteiger charge is 2.12. The molecule has 1 aromatic rings. The fraction of sp³-hybridized carbons (Fsp3) is 0.818. The first kappa shape index (κ1) is 14.6. The van der Waals surface area contributed by atoms with Gasteiger partial charge in [-0.05, 0) is 32.6 Å². The van der Waals surface area contributed by atoms with E-state index in [1.54, 1.807) is 16.3 Å². The molecule has 17 heavy (non-hydrogen) atoms. The molecule has 0 saturated carbocycles. The van der Waals surface area contributed by atoms with Crippen LogP contribution in [0, 0.1) is 5.92 Å². The molecule has 0 spiro atoms. The van der Waals surface area contributed by atoms with Gasteiger partial charge >= 0.3 is 5.69 Å². The van der Waals surface area contributed by atoms with Gasteiger partial charge in [-0.3, -0.25) is 4.57 Å². The van der Waals surface area contributed by atoms with Gasteiger partial charge in [-0.15, -0.1) is 16.7 Å². The summed E-state index contributed by atoms with van der Waals surface area (Å²) in [4.78, 5) is 11.5. The highest BCUT2D eigenvalue weighted by Crippen LogP contribution is 2.20. The van der Waals surface area contributed by atoms with Crippen LogP contribution in [-0.4, -0.2) is 26.4 Å². The van der Waals surface area contributed by atoms with E-state index in [1.165, 1.54) is 0 Å². The van der Waals surface area contributed by atoms with E-state index >= 15 is 0 Å². The topological polar surface area (TPSA) is 50.7 Å². The second-order valence-electron chi connectivity index (χ2n) is 4.50. The Morgan fingerprint density at radius 1 is 1.41 bits per heavy atom. The first-order chi connectivity index (χ1) is 8.06. The van der Waals surface area contributed by atoms with E-state index in [2.05, 4.69) is 17.1 Å². The molecular weight excluding hydrogens is 258 g/mol. The first-order valence-corrected chi connectivity index (χ1v) is 7.44. The summed E-state index contributed by atoms with van der Waals surface area (Å²) in [5.74, 6) is 2.30. The maximum absolute atomic E-state index is 11.5. The van der Waals surface area contributed by atoms with Crippen molar-refractivity contribution in [2.75, 3.05) is 11.6 Å². The molecule has 0 amide bonds. The predicted molar refractivity (Wildman–Crippen MR) is 73.1 cm³/mol. The van der Waals surface area contributed by atoms with Crippen LogP contribution in [0.15, 0.2) is 9.95 Å². The van der Waals surface area contributed by atoms with Crippen LogP contribution in [-0.2, 0) is 0 Å². The molecule has 1 heterocycles. The van der Waals surface area contributed by atoms with Gasteiger partial charge < -0.3 is 0 Å². The molecule has 4 nitrogen and oxygen atoms in total. The van der Waals surface area contributed by atoms with Crippen molar-refractivity contribution in [1.82, 2.24) is 14.8 Å². The third-order valence-electron chi connectivity index (χ3n) is 2.63. The van der Waals surface area contributed by atoms with Crippen molar-refractivity contribution < 1.29 is 0 Å². The Kier molecular flexibility index (Phi) is 6.12. The number of aromatic nitrogens is 3. The molecule has 0 bridgehead atoms. The number of hydrogen-bond donors (Lipinski definition) is 1.